The molecule has 98 valence electrons. The quantitative estimate of drug-likeness (QED) is 0.675. The second-order valence-corrected chi connectivity index (χ2v) is 4.41. The molecule has 0 aliphatic heterocycles. The highest BCUT2D eigenvalue weighted by atomic mass is 16.3. The van der Waals surface area contributed by atoms with Gasteiger partial charge in [0.25, 0.3) is 0 Å². The molecule has 0 fully saturated rings. The van der Waals surface area contributed by atoms with Crippen LogP contribution in [-0.4, -0.2) is 17.2 Å². The maximum atomic E-state index is 10.5. The highest BCUT2D eigenvalue weighted by molar-refractivity contribution is 5.92. The average Bonchev–Trinajstić information content (AvgIpc) is 2.54. The van der Waals surface area contributed by atoms with E-state index in [9.17, 15) is 4.91 Å². The number of rotatable bonds is 3. The number of nitrogens with zero attached hydrogens (tertiary/aromatic N) is 4. The third-order valence-electron chi connectivity index (χ3n) is 3.23. The number of fused-ring (bicyclic) bond motifs is 1. The van der Waals surface area contributed by atoms with Gasteiger partial charge in [0.15, 0.2) is 0 Å². The van der Waals surface area contributed by atoms with Crippen molar-refractivity contribution in [1.82, 2.24) is 10.2 Å². The Labute approximate surface area is 115 Å². The lowest BCUT2D eigenvalue weighted by Crippen LogP contribution is -2.10. The molecule has 5 nitrogen and oxygen atoms in total. The lowest BCUT2D eigenvalue weighted by Gasteiger charge is -2.20. The summed E-state index contributed by atoms with van der Waals surface area (Å²) in [6.07, 6.45) is 1.73. The first-order valence-corrected chi connectivity index (χ1v) is 6.17. The van der Waals surface area contributed by atoms with E-state index in [1.807, 2.05) is 48.3 Å². The van der Waals surface area contributed by atoms with Crippen LogP contribution in [0.3, 0.4) is 0 Å². The Balaban J connectivity index is 2.07. The van der Waals surface area contributed by atoms with E-state index in [1.54, 1.807) is 18.3 Å². The van der Waals surface area contributed by atoms with Crippen molar-refractivity contribution in [3.05, 3.63) is 59.6 Å². The van der Waals surface area contributed by atoms with Gasteiger partial charge in [-0.05, 0) is 35.5 Å². The van der Waals surface area contributed by atoms with Crippen LogP contribution in [0.1, 0.15) is 0 Å². The van der Waals surface area contributed by atoms with E-state index >= 15 is 0 Å². The molecular formula is C15H12N4O. The van der Waals surface area contributed by atoms with Gasteiger partial charge in [0.05, 0.1) is 17.4 Å². The smallest absolute Gasteiger partial charge is 0.108 e. The normalized spacial score (nSPS) is 10.4. The molecule has 0 amide bonds. The molecule has 3 rings (SSSR count). The van der Waals surface area contributed by atoms with Gasteiger partial charge in [-0.3, -0.25) is 0 Å². The predicted molar refractivity (Wildman–Crippen MR) is 79.5 cm³/mol. The van der Waals surface area contributed by atoms with Gasteiger partial charge in [0, 0.05) is 18.1 Å². The topological polar surface area (TPSA) is 58.5 Å². The summed E-state index contributed by atoms with van der Waals surface area (Å²) in [5, 5.41) is 12.1. The molecule has 0 saturated heterocycles. The molecular weight excluding hydrogens is 252 g/mol. The molecule has 0 saturated carbocycles. The average molecular weight is 264 g/mol. The molecule has 0 aliphatic rings. The van der Waals surface area contributed by atoms with Gasteiger partial charge in [0.2, 0.25) is 0 Å². The fourth-order valence-corrected chi connectivity index (χ4v) is 2.14. The molecule has 5 heteroatoms. The van der Waals surface area contributed by atoms with E-state index in [2.05, 4.69) is 15.4 Å². The second kappa shape index (κ2) is 5.05. The van der Waals surface area contributed by atoms with Crippen molar-refractivity contribution in [3.8, 4) is 0 Å². The van der Waals surface area contributed by atoms with Gasteiger partial charge in [-0.1, -0.05) is 18.2 Å². The molecule has 1 heterocycles. The Morgan fingerprint density at radius 3 is 2.55 bits per heavy atom. The number of aromatic nitrogens is 2. The first kappa shape index (κ1) is 12.2. The highest BCUT2D eigenvalue weighted by Crippen LogP contribution is 2.30. The Morgan fingerprint density at radius 2 is 1.80 bits per heavy atom. The van der Waals surface area contributed by atoms with Crippen LogP contribution >= 0.6 is 0 Å². The summed E-state index contributed by atoms with van der Waals surface area (Å²) in [4.78, 5) is 12.5. The molecule has 0 radical (unpaired) electrons. The van der Waals surface area contributed by atoms with Crippen LogP contribution in [0, 0.1) is 4.91 Å². The van der Waals surface area contributed by atoms with Crippen molar-refractivity contribution >= 4 is 28.0 Å². The first-order valence-electron chi connectivity index (χ1n) is 6.17. The first-order chi connectivity index (χ1) is 9.79. The van der Waals surface area contributed by atoms with E-state index in [4.69, 9.17) is 0 Å². The summed E-state index contributed by atoms with van der Waals surface area (Å²) >= 11 is 0. The molecule has 0 spiro atoms. The van der Waals surface area contributed by atoms with Crippen LogP contribution in [0.4, 0.5) is 17.1 Å². The van der Waals surface area contributed by atoms with Gasteiger partial charge in [-0.2, -0.15) is 10.2 Å². The van der Waals surface area contributed by atoms with E-state index in [0.29, 0.717) is 5.69 Å². The van der Waals surface area contributed by atoms with Crippen LogP contribution in [0.15, 0.2) is 59.9 Å². The number of hydrogen-bond acceptors (Lipinski definition) is 5. The minimum atomic E-state index is 0.417. The molecule has 2 aromatic carbocycles. The van der Waals surface area contributed by atoms with Crippen molar-refractivity contribution in [1.29, 1.82) is 0 Å². The zero-order valence-corrected chi connectivity index (χ0v) is 10.9. The standard InChI is InChI=1S/C15H12N4O/c1-19(12-8-6-11(18-20)7-9-12)15-10-16-17-14-5-3-2-4-13(14)15/h2-10H,1H3. The lowest BCUT2D eigenvalue weighted by molar-refractivity contribution is 1.06. The number of hydrogen-bond donors (Lipinski definition) is 0. The molecule has 3 aromatic rings. The van der Waals surface area contributed by atoms with E-state index in [0.717, 1.165) is 22.3 Å². The maximum absolute atomic E-state index is 10.5. The SMILES string of the molecule is CN(c1ccc(N=O)cc1)c1cnnc2ccccc12. The monoisotopic (exact) mass is 264 g/mol. The number of nitroso groups, excluding NO2 is 1. The molecule has 0 unspecified atom stereocenters. The summed E-state index contributed by atoms with van der Waals surface area (Å²) in [6, 6.07) is 14.9. The second-order valence-electron chi connectivity index (χ2n) is 4.41. The minimum Gasteiger partial charge on any atom is -0.343 e. The van der Waals surface area contributed by atoms with Crippen molar-refractivity contribution in [2.24, 2.45) is 5.18 Å². The van der Waals surface area contributed by atoms with Gasteiger partial charge < -0.3 is 4.90 Å². The van der Waals surface area contributed by atoms with Gasteiger partial charge in [-0.25, -0.2) is 0 Å². The molecule has 1 aromatic heterocycles. The van der Waals surface area contributed by atoms with Crippen molar-refractivity contribution < 1.29 is 0 Å². The van der Waals surface area contributed by atoms with Crippen LogP contribution in [0.25, 0.3) is 10.9 Å². The third-order valence-corrected chi connectivity index (χ3v) is 3.23. The summed E-state index contributed by atoms with van der Waals surface area (Å²) in [5.41, 5.74) is 3.18. The van der Waals surface area contributed by atoms with Crippen LogP contribution in [0.2, 0.25) is 0 Å². The Morgan fingerprint density at radius 1 is 1.05 bits per heavy atom. The van der Waals surface area contributed by atoms with Gasteiger partial charge in [-0.15, -0.1) is 4.91 Å². The number of benzene rings is 2. The van der Waals surface area contributed by atoms with Crippen molar-refractivity contribution in [2.45, 2.75) is 0 Å². The highest BCUT2D eigenvalue weighted by Gasteiger charge is 2.09. The van der Waals surface area contributed by atoms with E-state index < -0.39 is 0 Å². The third kappa shape index (κ3) is 2.09. The molecule has 0 N–H and O–H groups in total. The Bertz CT molecular complexity index is 750. The van der Waals surface area contributed by atoms with Crippen LogP contribution in [-0.2, 0) is 0 Å². The fourth-order valence-electron chi connectivity index (χ4n) is 2.14. The largest absolute Gasteiger partial charge is 0.343 e. The summed E-state index contributed by atoms with van der Waals surface area (Å²) < 4.78 is 0. The van der Waals surface area contributed by atoms with Gasteiger partial charge in [0.1, 0.15) is 5.69 Å². The van der Waals surface area contributed by atoms with E-state index in [1.165, 1.54) is 0 Å². The summed E-state index contributed by atoms with van der Waals surface area (Å²) in [7, 11) is 1.95. The molecule has 0 atom stereocenters. The van der Waals surface area contributed by atoms with Crippen molar-refractivity contribution in [2.75, 3.05) is 11.9 Å². The zero-order chi connectivity index (χ0) is 13.9. The van der Waals surface area contributed by atoms with Crippen LogP contribution < -0.4 is 4.90 Å². The molecule has 20 heavy (non-hydrogen) atoms. The molecule has 0 aliphatic carbocycles. The number of anilines is 2. The van der Waals surface area contributed by atoms with Crippen LogP contribution in [0.5, 0.6) is 0 Å². The Hall–Kier alpha value is -2.82. The summed E-state index contributed by atoms with van der Waals surface area (Å²) in [6.45, 7) is 0. The Kier molecular flexibility index (Phi) is 3.09. The van der Waals surface area contributed by atoms with Gasteiger partial charge >= 0.3 is 0 Å². The zero-order valence-electron chi connectivity index (χ0n) is 10.9. The predicted octanol–water partition coefficient (Wildman–Crippen LogP) is 3.80. The summed E-state index contributed by atoms with van der Waals surface area (Å²) in [5.74, 6) is 0. The van der Waals surface area contributed by atoms with E-state index in [-0.39, 0.29) is 0 Å². The maximum Gasteiger partial charge on any atom is 0.108 e. The fraction of sp³-hybridized carbons (Fsp3) is 0.0667. The van der Waals surface area contributed by atoms with Crippen molar-refractivity contribution in [3.63, 3.8) is 0 Å². The lowest BCUT2D eigenvalue weighted by atomic mass is 10.2. The molecule has 0 bridgehead atoms. The minimum absolute atomic E-state index is 0.417.